The first-order valence-electron chi connectivity index (χ1n) is 8.10. The molecule has 0 bridgehead atoms. The number of nitrogens with one attached hydrogen (secondary N) is 1. The highest BCUT2D eigenvalue weighted by Gasteiger charge is 2.24. The van der Waals surface area contributed by atoms with Crippen molar-refractivity contribution in [1.29, 1.82) is 0 Å². The maximum atomic E-state index is 12.5. The molecule has 3 amide bonds. The van der Waals surface area contributed by atoms with Gasteiger partial charge in [-0.05, 0) is 24.1 Å². The van der Waals surface area contributed by atoms with E-state index in [-0.39, 0.29) is 11.9 Å². The molecule has 0 atom stereocenters. The van der Waals surface area contributed by atoms with Crippen LogP contribution in [0.5, 0.6) is 0 Å². The molecule has 5 heteroatoms. The van der Waals surface area contributed by atoms with Crippen molar-refractivity contribution in [3.63, 3.8) is 0 Å². The quantitative estimate of drug-likeness (QED) is 0.936. The molecule has 5 nitrogen and oxygen atoms in total. The summed E-state index contributed by atoms with van der Waals surface area (Å²) in [6.07, 6.45) is 1.42. The number of anilines is 2. The maximum absolute atomic E-state index is 12.5. The molecule has 1 aliphatic rings. The second-order valence-electron chi connectivity index (χ2n) is 5.94. The van der Waals surface area contributed by atoms with Crippen LogP contribution in [-0.4, -0.2) is 30.4 Å². The van der Waals surface area contributed by atoms with Crippen LogP contribution in [0.4, 0.5) is 16.2 Å². The summed E-state index contributed by atoms with van der Waals surface area (Å²) < 4.78 is 0. The van der Waals surface area contributed by atoms with Gasteiger partial charge in [0.1, 0.15) is 0 Å². The molecule has 0 unspecified atom stereocenters. The first-order chi connectivity index (χ1) is 11.6. The summed E-state index contributed by atoms with van der Waals surface area (Å²) in [5.41, 5.74) is 2.50. The zero-order valence-electron chi connectivity index (χ0n) is 13.7. The first-order valence-corrected chi connectivity index (χ1v) is 8.10. The van der Waals surface area contributed by atoms with E-state index in [1.165, 1.54) is 0 Å². The number of amides is 3. The fourth-order valence-corrected chi connectivity index (χ4v) is 2.86. The van der Waals surface area contributed by atoms with E-state index in [0.717, 1.165) is 17.7 Å². The number of benzene rings is 2. The Morgan fingerprint density at radius 2 is 1.83 bits per heavy atom. The predicted octanol–water partition coefficient (Wildman–Crippen LogP) is 3.48. The number of hydrogen-bond donors (Lipinski definition) is 1. The Balaban J connectivity index is 1.71. The normalized spacial score (nSPS) is 13.9. The van der Waals surface area contributed by atoms with E-state index in [9.17, 15) is 9.59 Å². The second kappa shape index (κ2) is 7.17. The van der Waals surface area contributed by atoms with E-state index in [0.29, 0.717) is 25.2 Å². The summed E-state index contributed by atoms with van der Waals surface area (Å²) in [5.74, 6) is 0.106. The summed E-state index contributed by atoms with van der Waals surface area (Å²) in [5, 5.41) is 2.92. The summed E-state index contributed by atoms with van der Waals surface area (Å²) in [7, 11) is 1.76. The van der Waals surface area contributed by atoms with Gasteiger partial charge in [-0.15, -0.1) is 0 Å². The first kappa shape index (κ1) is 16.1. The Hall–Kier alpha value is -2.82. The highest BCUT2D eigenvalue weighted by molar-refractivity contribution is 6.01. The summed E-state index contributed by atoms with van der Waals surface area (Å²) in [6, 6.07) is 17.1. The van der Waals surface area contributed by atoms with Gasteiger partial charge in [0.15, 0.2) is 0 Å². The molecule has 0 aromatic heterocycles. The van der Waals surface area contributed by atoms with Crippen LogP contribution >= 0.6 is 0 Å². The fraction of sp³-hybridized carbons (Fsp3) is 0.263. The minimum atomic E-state index is -0.196. The number of rotatable bonds is 4. The number of hydrogen-bond acceptors (Lipinski definition) is 2. The van der Waals surface area contributed by atoms with Gasteiger partial charge in [0, 0.05) is 26.6 Å². The van der Waals surface area contributed by atoms with Crippen molar-refractivity contribution in [3.05, 3.63) is 60.2 Å². The van der Waals surface area contributed by atoms with Crippen molar-refractivity contribution in [1.82, 2.24) is 4.90 Å². The summed E-state index contributed by atoms with van der Waals surface area (Å²) in [6.45, 7) is 1.23. The van der Waals surface area contributed by atoms with Gasteiger partial charge in [-0.1, -0.05) is 42.5 Å². The van der Waals surface area contributed by atoms with Crippen LogP contribution in [0.3, 0.4) is 0 Å². The lowest BCUT2D eigenvalue weighted by molar-refractivity contribution is -0.117. The molecule has 3 rings (SSSR count). The lowest BCUT2D eigenvalue weighted by Crippen LogP contribution is -2.32. The van der Waals surface area contributed by atoms with Crippen LogP contribution in [0.1, 0.15) is 18.4 Å². The van der Waals surface area contributed by atoms with E-state index in [4.69, 9.17) is 0 Å². The Bertz CT molecular complexity index is 730. The van der Waals surface area contributed by atoms with Crippen LogP contribution in [0, 0.1) is 0 Å². The Kier molecular flexibility index (Phi) is 4.79. The molecule has 1 N–H and O–H groups in total. The molecule has 0 spiro atoms. The fourth-order valence-electron chi connectivity index (χ4n) is 2.86. The van der Waals surface area contributed by atoms with E-state index < -0.39 is 0 Å². The third-order valence-corrected chi connectivity index (χ3v) is 4.12. The monoisotopic (exact) mass is 323 g/mol. The molecular weight excluding hydrogens is 302 g/mol. The maximum Gasteiger partial charge on any atom is 0.321 e. The third-order valence-electron chi connectivity index (χ3n) is 4.12. The summed E-state index contributed by atoms with van der Waals surface area (Å²) >= 11 is 0. The number of carbonyl (C=O) groups excluding carboxylic acids is 2. The molecule has 0 saturated carbocycles. The average Bonchev–Trinajstić information content (AvgIpc) is 3.02. The van der Waals surface area contributed by atoms with Gasteiger partial charge in [0.25, 0.3) is 0 Å². The Morgan fingerprint density at radius 1 is 1.12 bits per heavy atom. The zero-order valence-corrected chi connectivity index (χ0v) is 13.7. The van der Waals surface area contributed by atoms with E-state index in [1.807, 2.05) is 54.6 Å². The van der Waals surface area contributed by atoms with Gasteiger partial charge in [0.2, 0.25) is 5.91 Å². The molecule has 2 aromatic carbocycles. The molecule has 2 aromatic rings. The molecular formula is C19H21N3O2. The molecule has 124 valence electrons. The standard InChI is InChI=1S/C19H21N3O2/c1-21(14-15-8-3-2-4-9-15)19(24)20-16-10-5-6-11-17(16)22-13-7-12-18(22)23/h2-6,8-11H,7,12-14H2,1H3,(H,20,24). The van der Waals surface area contributed by atoms with Crippen LogP contribution in [0.25, 0.3) is 0 Å². The van der Waals surface area contributed by atoms with Crippen molar-refractivity contribution < 1.29 is 9.59 Å². The van der Waals surface area contributed by atoms with Gasteiger partial charge in [-0.25, -0.2) is 4.79 Å². The van der Waals surface area contributed by atoms with Crippen LogP contribution in [0.2, 0.25) is 0 Å². The highest BCUT2D eigenvalue weighted by atomic mass is 16.2. The largest absolute Gasteiger partial charge is 0.323 e. The lowest BCUT2D eigenvalue weighted by Gasteiger charge is -2.22. The van der Waals surface area contributed by atoms with Gasteiger partial charge >= 0.3 is 6.03 Å². The summed E-state index contributed by atoms with van der Waals surface area (Å²) in [4.78, 5) is 27.8. The highest BCUT2D eigenvalue weighted by Crippen LogP contribution is 2.29. The molecule has 0 aliphatic carbocycles. The van der Waals surface area contributed by atoms with Crippen molar-refractivity contribution >= 4 is 23.3 Å². The predicted molar refractivity (Wildman–Crippen MR) is 95.0 cm³/mol. The number of nitrogens with zero attached hydrogens (tertiary/aromatic N) is 2. The van der Waals surface area contributed by atoms with E-state index >= 15 is 0 Å². The molecule has 24 heavy (non-hydrogen) atoms. The van der Waals surface area contributed by atoms with Gasteiger partial charge in [0.05, 0.1) is 11.4 Å². The number of carbonyl (C=O) groups is 2. The molecule has 1 fully saturated rings. The minimum Gasteiger partial charge on any atom is -0.323 e. The van der Waals surface area contributed by atoms with Crippen molar-refractivity contribution in [2.75, 3.05) is 23.8 Å². The molecule has 0 radical (unpaired) electrons. The molecule has 1 aliphatic heterocycles. The Labute approximate surface area is 141 Å². The van der Waals surface area contributed by atoms with Crippen molar-refractivity contribution in [2.24, 2.45) is 0 Å². The van der Waals surface area contributed by atoms with Gasteiger partial charge in [-0.3, -0.25) is 4.79 Å². The smallest absolute Gasteiger partial charge is 0.321 e. The number of urea groups is 1. The lowest BCUT2D eigenvalue weighted by atomic mass is 10.2. The third kappa shape index (κ3) is 3.56. The molecule has 1 saturated heterocycles. The van der Waals surface area contributed by atoms with Crippen LogP contribution < -0.4 is 10.2 Å². The SMILES string of the molecule is CN(Cc1ccccc1)C(=O)Nc1ccccc1N1CCCC1=O. The van der Waals surface area contributed by atoms with Crippen LogP contribution in [0.15, 0.2) is 54.6 Å². The van der Waals surface area contributed by atoms with E-state index in [2.05, 4.69) is 5.32 Å². The van der Waals surface area contributed by atoms with Crippen molar-refractivity contribution in [2.45, 2.75) is 19.4 Å². The number of para-hydroxylation sites is 2. The Morgan fingerprint density at radius 3 is 2.54 bits per heavy atom. The average molecular weight is 323 g/mol. The van der Waals surface area contributed by atoms with Gasteiger partial charge in [-0.2, -0.15) is 0 Å². The van der Waals surface area contributed by atoms with Crippen molar-refractivity contribution in [3.8, 4) is 0 Å². The van der Waals surface area contributed by atoms with Gasteiger partial charge < -0.3 is 15.1 Å². The topological polar surface area (TPSA) is 52.7 Å². The molecule has 1 heterocycles. The zero-order chi connectivity index (χ0) is 16.9. The van der Waals surface area contributed by atoms with Crippen LogP contribution in [-0.2, 0) is 11.3 Å². The second-order valence-corrected chi connectivity index (χ2v) is 5.94. The minimum absolute atomic E-state index is 0.106. The van der Waals surface area contributed by atoms with E-state index in [1.54, 1.807) is 16.8 Å².